The third-order valence-corrected chi connectivity index (χ3v) is 5.04. The van der Waals surface area contributed by atoms with Gasteiger partial charge in [-0.05, 0) is 56.2 Å². The molecule has 1 heterocycles. The molecular weight excluding hydrogens is 378 g/mol. The molecule has 1 N–H and O–H groups in total. The Balaban J connectivity index is 1.96. The van der Waals surface area contributed by atoms with Crippen molar-refractivity contribution in [2.24, 2.45) is 5.92 Å². The van der Waals surface area contributed by atoms with Crippen LogP contribution in [-0.4, -0.2) is 36.9 Å². The molecule has 0 spiro atoms. The molecule has 1 aromatic carbocycles. The fourth-order valence-corrected chi connectivity index (χ4v) is 3.27. The zero-order valence-corrected chi connectivity index (χ0v) is 17.3. The van der Waals surface area contributed by atoms with Gasteiger partial charge < -0.3 is 14.8 Å². The maximum absolute atomic E-state index is 12.5. The first-order valence-corrected chi connectivity index (χ1v) is 9.93. The van der Waals surface area contributed by atoms with Gasteiger partial charge in [0.25, 0.3) is 5.91 Å². The van der Waals surface area contributed by atoms with Crippen LogP contribution in [0.25, 0.3) is 0 Å². The lowest BCUT2D eigenvalue weighted by molar-refractivity contribution is -0.145. The number of hydrogen-bond donors (Lipinski definition) is 1. The summed E-state index contributed by atoms with van der Waals surface area (Å²) in [7, 11) is 0. The normalized spacial score (nSPS) is 11.8. The Morgan fingerprint density at radius 3 is 2.29 bits per heavy atom. The van der Waals surface area contributed by atoms with Gasteiger partial charge in [-0.1, -0.05) is 13.8 Å². The van der Waals surface area contributed by atoms with Crippen LogP contribution in [0.1, 0.15) is 45.7 Å². The third-order valence-electron chi connectivity index (χ3n) is 4.00. The lowest BCUT2D eigenvalue weighted by Crippen LogP contribution is -2.45. The zero-order valence-electron chi connectivity index (χ0n) is 16.5. The Labute approximate surface area is 168 Å². The van der Waals surface area contributed by atoms with E-state index in [9.17, 15) is 14.4 Å². The second-order valence-electron chi connectivity index (χ2n) is 6.59. The molecule has 0 aliphatic carbocycles. The average molecular weight is 404 g/mol. The zero-order chi connectivity index (χ0) is 20.7. The van der Waals surface area contributed by atoms with Crippen LogP contribution < -0.4 is 10.1 Å². The van der Waals surface area contributed by atoms with E-state index in [1.54, 1.807) is 44.2 Å². The number of hydrogen-bond acceptors (Lipinski definition) is 6. The van der Waals surface area contributed by atoms with Gasteiger partial charge in [0.2, 0.25) is 5.78 Å². The lowest BCUT2D eigenvalue weighted by atomic mass is 10.0. The van der Waals surface area contributed by atoms with E-state index in [0.29, 0.717) is 22.8 Å². The SMILES string of the molecule is CCOc1ccc(C(=O)NC(C(=O)OCC(=O)c2ccc(C)s2)C(C)C)cc1. The summed E-state index contributed by atoms with van der Waals surface area (Å²) in [6.07, 6.45) is 0. The molecular formula is C21H25NO5S. The maximum Gasteiger partial charge on any atom is 0.329 e. The number of nitrogens with one attached hydrogen (secondary N) is 1. The van der Waals surface area contributed by atoms with Gasteiger partial charge in [-0.25, -0.2) is 4.79 Å². The highest BCUT2D eigenvalue weighted by Gasteiger charge is 2.27. The molecule has 0 aliphatic rings. The van der Waals surface area contributed by atoms with Crippen LogP contribution in [0.2, 0.25) is 0 Å². The fourth-order valence-electron chi connectivity index (χ4n) is 2.47. The molecule has 1 atom stereocenters. The highest BCUT2D eigenvalue weighted by Crippen LogP contribution is 2.16. The summed E-state index contributed by atoms with van der Waals surface area (Å²) in [6.45, 7) is 7.57. The molecule has 150 valence electrons. The molecule has 0 bridgehead atoms. The van der Waals surface area contributed by atoms with Crippen LogP contribution in [0.5, 0.6) is 5.75 Å². The number of esters is 1. The molecule has 0 radical (unpaired) electrons. The Bertz CT molecular complexity index is 826. The predicted octanol–water partition coefficient (Wildman–Crippen LogP) is 3.64. The number of rotatable bonds is 9. The Morgan fingerprint density at radius 2 is 1.75 bits per heavy atom. The number of carbonyl (C=O) groups is 3. The van der Waals surface area contributed by atoms with Gasteiger partial charge in [-0.15, -0.1) is 11.3 Å². The molecule has 2 rings (SSSR count). The molecule has 7 heteroatoms. The predicted molar refractivity (Wildman–Crippen MR) is 108 cm³/mol. The molecule has 0 aliphatic heterocycles. The van der Waals surface area contributed by atoms with Crippen molar-refractivity contribution < 1.29 is 23.9 Å². The number of ketones is 1. The van der Waals surface area contributed by atoms with E-state index in [1.165, 1.54) is 11.3 Å². The number of amides is 1. The van der Waals surface area contributed by atoms with Crippen LogP contribution in [0.15, 0.2) is 36.4 Å². The summed E-state index contributed by atoms with van der Waals surface area (Å²) in [4.78, 5) is 38.6. The monoisotopic (exact) mass is 403 g/mol. The smallest absolute Gasteiger partial charge is 0.329 e. The Kier molecular flexibility index (Phi) is 7.75. The van der Waals surface area contributed by atoms with E-state index in [2.05, 4.69) is 5.32 Å². The quantitative estimate of drug-likeness (QED) is 0.511. The number of carbonyl (C=O) groups excluding carboxylic acids is 3. The molecule has 1 amide bonds. The molecule has 1 aromatic heterocycles. The van der Waals surface area contributed by atoms with Crippen LogP contribution in [0.3, 0.4) is 0 Å². The average Bonchev–Trinajstić information content (AvgIpc) is 3.10. The summed E-state index contributed by atoms with van der Waals surface area (Å²) < 4.78 is 10.5. The Morgan fingerprint density at radius 1 is 1.07 bits per heavy atom. The number of benzene rings is 1. The van der Waals surface area contributed by atoms with Crippen molar-refractivity contribution in [2.45, 2.75) is 33.7 Å². The van der Waals surface area contributed by atoms with Crippen molar-refractivity contribution in [1.29, 1.82) is 0 Å². The summed E-state index contributed by atoms with van der Waals surface area (Å²) in [6, 6.07) is 9.36. The van der Waals surface area contributed by atoms with Gasteiger partial charge in [0.1, 0.15) is 11.8 Å². The topological polar surface area (TPSA) is 81.7 Å². The lowest BCUT2D eigenvalue weighted by Gasteiger charge is -2.20. The largest absolute Gasteiger partial charge is 0.494 e. The van der Waals surface area contributed by atoms with Crippen molar-refractivity contribution in [3.63, 3.8) is 0 Å². The van der Waals surface area contributed by atoms with Gasteiger partial charge in [0.15, 0.2) is 6.61 Å². The van der Waals surface area contributed by atoms with E-state index in [4.69, 9.17) is 9.47 Å². The minimum atomic E-state index is -0.850. The number of Topliss-reactive ketones (excluding diaryl/α,β-unsaturated/α-hetero) is 1. The standard InChI is InChI=1S/C21H25NO5S/c1-5-26-16-9-7-15(8-10-16)20(24)22-19(13(2)3)21(25)27-12-17(23)18-11-6-14(4)28-18/h6-11,13,19H,5,12H2,1-4H3,(H,22,24). The van der Waals surface area contributed by atoms with Crippen LogP contribution in [0, 0.1) is 12.8 Å². The maximum atomic E-state index is 12.5. The van der Waals surface area contributed by atoms with Gasteiger partial charge in [-0.3, -0.25) is 9.59 Å². The summed E-state index contributed by atoms with van der Waals surface area (Å²) in [5, 5.41) is 2.69. The second kappa shape index (κ2) is 10.0. The van der Waals surface area contributed by atoms with Gasteiger partial charge in [-0.2, -0.15) is 0 Å². The Hall–Kier alpha value is -2.67. The highest BCUT2D eigenvalue weighted by molar-refractivity contribution is 7.14. The van der Waals surface area contributed by atoms with E-state index < -0.39 is 12.0 Å². The van der Waals surface area contributed by atoms with E-state index in [0.717, 1.165) is 4.88 Å². The first-order chi connectivity index (χ1) is 13.3. The van der Waals surface area contributed by atoms with E-state index in [1.807, 2.05) is 19.9 Å². The molecule has 0 saturated carbocycles. The van der Waals surface area contributed by atoms with Crippen molar-refractivity contribution in [3.05, 3.63) is 51.7 Å². The molecule has 1 unspecified atom stereocenters. The molecule has 28 heavy (non-hydrogen) atoms. The van der Waals surface area contributed by atoms with Crippen LogP contribution in [-0.2, 0) is 9.53 Å². The van der Waals surface area contributed by atoms with Crippen LogP contribution >= 0.6 is 11.3 Å². The van der Waals surface area contributed by atoms with Gasteiger partial charge >= 0.3 is 5.97 Å². The van der Waals surface area contributed by atoms with Gasteiger partial charge in [0.05, 0.1) is 11.5 Å². The van der Waals surface area contributed by atoms with E-state index in [-0.39, 0.29) is 24.2 Å². The van der Waals surface area contributed by atoms with Crippen molar-refractivity contribution >= 4 is 29.0 Å². The molecule has 0 fully saturated rings. The summed E-state index contributed by atoms with van der Waals surface area (Å²) in [5.74, 6) is -0.805. The van der Waals surface area contributed by atoms with Crippen LogP contribution in [0.4, 0.5) is 0 Å². The fraction of sp³-hybridized carbons (Fsp3) is 0.381. The third kappa shape index (κ3) is 5.92. The molecule has 0 saturated heterocycles. The number of thiophene rings is 1. The highest BCUT2D eigenvalue weighted by atomic mass is 32.1. The summed E-state index contributed by atoms with van der Waals surface area (Å²) in [5.41, 5.74) is 0.409. The molecule has 2 aromatic rings. The molecule has 6 nitrogen and oxygen atoms in total. The van der Waals surface area contributed by atoms with Crippen molar-refractivity contribution in [1.82, 2.24) is 5.32 Å². The first kappa shape index (κ1) is 21.6. The van der Waals surface area contributed by atoms with Crippen molar-refractivity contribution in [3.8, 4) is 5.75 Å². The summed E-state index contributed by atoms with van der Waals surface area (Å²) >= 11 is 1.35. The van der Waals surface area contributed by atoms with E-state index >= 15 is 0 Å². The number of ether oxygens (including phenoxy) is 2. The minimum absolute atomic E-state index is 0.196. The van der Waals surface area contributed by atoms with Gasteiger partial charge in [0, 0.05) is 10.4 Å². The minimum Gasteiger partial charge on any atom is -0.494 e. The van der Waals surface area contributed by atoms with Crippen molar-refractivity contribution in [2.75, 3.05) is 13.2 Å². The first-order valence-electron chi connectivity index (χ1n) is 9.11. The second-order valence-corrected chi connectivity index (χ2v) is 7.88. The number of aryl methyl sites for hydroxylation is 1.